The molecule has 1 amide bonds. The van der Waals surface area contributed by atoms with Crippen LogP contribution >= 0.6 is 0 Å². The summed E-state index contributed by atoms with van der Waals surface area (Å²) in [6, 6.07) is 5.76. The van der Waals surface area contributed by atoms with Crippen molar-refractivity contribution >= 4 is 5.91 Å². The molecule has 1 fully saturated rings. The second kappa shape index (κ2) is 7.23. The minimum atomic E-state index is -0.0829. The van der Waals surface area contributed by atoms with Gasteiger partial charge in [-0.2, -0.15) is 4.98 Å². The zero-order valence-corrected chi connectivity index (χ0v) is 15.2. The highest BCUT2D eigenvalue weighted by atomic mass is 16.5. The van der Waals surface area contributed by atoms with Crippen LogP contribution in [0.25, 0.3) is 0 Å². The van der Waals surface area contributed by atoms with E-state index in [2.05, 4.69) is 15.0 Å². The normalized spacial score (nSPS) is 18.4. The van der Waals surface area contributed by atoms with Gasteiger partial charge in [-0.3, -0.25) is 9.69 Å². The molecule has 1 aliphatic heterocycles. The van der Waals surface area contributed by atoms with Gasteiger partial charge in [0.15, 0.2) is 12.4 Å². The zero-order valence-electron chi connectivity index (χ0n) is 15.2. The second-order valence-corrected chi connectivity index (χ2v) is 6.55. The molecule has 1 saturated heterocycles. The minimum Gasteiger partial charge on any atom is -0.484 e. The van der Waals surface area contributed by atoms with E-state index in [0.29, 0.717) is 24.8 Å². The van der Waals surface area contributed by atoms with E-state index in [1.54, 1.807) is 11.8 Å². The van der Waals surface area contributed by atoms with Crippen LogP contribution in [0.4, 0.5) is 0 Å². The smallest absolute Gasteiger partial charge is 0.260 e. The lowest BCUT2D eigenvalue weighted by atomic mass is 10.1. The molecule has 3 rings (SSSR count). The summed E-state index contributed by atoms with van der Waals surface area (Å²) < 4.78 is 11.0. The van der Waals surface area contributed by atoms with Crippen LogP contribution in [-0.2, 0) is 4.79 Å². The van der Waals surface area contributed by atoms with E-state index in [4.69, 9.17) is 9.26 Å². The van der Waals surface area contributed by atoms with Crippen LogP contribution in [-0.4, -0.2) is 59.1 Å². The van der Waals surface area contributed by atoms with Crippen LogP contribution < -0.4 is 4.74 Å². The summed E-state index contributed by atoms with van der Waals surface area (Å²) in [7, 11) is 2.00. The molecular weight excluding hydrogens is 320 g/mol. The van der Waals surface area contributed by atoms with E-state index in [-0.39, 0.29) is 18.6 Å². The first-order valence-corrected chi connectivity index (χ1v) is 8.42. The average Bonchev–Trinajstić information content (AvgIpc) is 3.02. The molecule has 7 heteroatoms. The molecule has 0 aliphatic carbocycles. The predicted octanol–water partition coefficient (Wildman–Crippen LogP) is 1.89. The van der Waals surface area contributed by atoms with Gasteiger partial charge >= 0.3 is 0 Å². The topological polar surface area (TPSA) is 71.7 Å². The third kappa shape index (κ3) is 3.99. The first-order valence-electron chi connectivity index (χ1n) is 8.42. The molecule has 0 unspecified atom stereocenters. The molecule has 1 aromatic heterocycles. The Kier molecular flexibility index (Phi) is 5.03. The number of hydrogen-bond donors (Lipinski definition) is 0. The Labute approximate surface area is 147 Å². The number of carbonyl (C=O) groups excluding carboxylic acids is 1. The van der Waals surface area contributed by atoms with E-state index in [1.165, 1.54) is 5.56 Å². The number of nitrogens with zero attached hydrogens (tertiary/aromatic N) is 4. The van der Waals surface area contributed by atoms with Gasteiger partial charge in [0.25, 0.3) is 5.91 Å². The molecule has 0 N–H and O–H groups in total. The fourth-order valence-corrected chi connectivity index (χ4v) is 2.86. The number of aryl methyl sites for hydroxylation is 3. The maximum absolute atomic E-state index is 12.5. The number of hydrogen-bond acceptors (Lipinski definition) is 6. The Hall–Kier alpha value is -2.41. The predicted molar refractivity (Wildman–Crippen MR) is 92.4 cm³/mol. The van der Waals surface area contributed by atoms with Gasteiger partial charge in [-0.15, -0.1) is 0 Å². The van der Waals surface area contributed by atoms with Crippen LogP contribution in [0.1, 0.15) is 28.9 Å². The number of ether oxygens (including phenoxy) is 1. The number of aromatic nitrogens is 2. The van der Waals surface area contributed by atoms with Crippen molar-refractivity contribution in [3.63, 3.8) is 0 Å². The molecule has 0 bridgehead atoms. The number of benzene rings is 1. The lowest BCUT2D eigenvalue weighted by molar-refractivity contribution is -0.136. The second-order valence-electron chi connectivity index (χ2n) is 6.55. The molecule has 134 valence electrons. The van der Waals surface area contributed by atoms with E-state index in [1.807, 2.05) is 39.1 Å². The molecular formula is C18H24N4O3. The summed E-state index contributed by atoms with van der Waals surface area (Å²) in [4.78, 5) is 20.8. The Morgan fingerprint density at radius 3 is 2.76 bits per heavy atom. The minimum absolute atomic E-state index is 0.0296. The van der Waals surface area contributed by atoms with Gasteiger partial charge in [-0.1, -0.05) is 11.2 Å². The molecule has 1 aliphatic rings. The molecule has 1 atom stereocenters. The Morgan fingerprint density at radius 1 is 1.28 bits per heavy atom. The third-order valence-corrected chi connectivity index (χ3v) is 4.67. The van der Waals surface area contributed by atoms with Crippen molar-refractivity contribution in [2.75, 3.05) is 33.3 Å². The Morgan fingerprint density at radius 2 is 2.08 bits per heavy atom. The van der Waals surface area contributed by atoms with Crippen LogP contribution in [0.5, 0.6) is 5.75 Å². The fourth-order valence-electron chi connectivity index (χ4n) is 2.86. The van der Waals surface area contributed by atoms with Crippen LogP contribution in [0, 0.1) is 20.8 Å². The molecule has 2 aromatic rings. The number of carbonyl (C=O) groups is 1. The van der Waals surface area contributed by atoms with Gasteiger partial charge in [0.05, 0.1) is 0 Å². The van der Waals surface area contributed by atoms with Crippen LogP contribution in [0.2, 0.25) is 0 Å². The highest BCUT2D eigenvalue weighted by Crippen LogP contribution is 2.23. The summed E-state index contributed by atoms with van der Waals surface area (Å²) in [5, 5.41) is 3.85. The van der Waals surface area contributed by atoms with Crippen molar-refractivity contribution in [2.45, 2.75) is 26.8 Å². The SMILES string of the molecule is Cc1noc([C@@H]2CN(C(=O)COc3ccc(C)c(C)c3)CCN2C)n1. The lowest BCUT2D eigenvalue weighted by Gasteiger charge is -2.37. The average molecular weight is 344 g/mol. The van der Waals surface area contributed by atoms with Gasteiger partial charge in [0.2, 0.25) is 5.89 Å². The van der Waals surface area contributed by atoms with Crippen LogP contribution in [0.3, 0.4) is 0 Å². The van der Waals surface area contributed by atoms with Crippen molar-refractivity contribution in [3.8, 4) is 5.75 Å². The maximum Gasteiger partial charge on any atom is 0.260 e. The van der Waals surface area contributed by atoms with Gasteiger partial charge in [-0.05, 0) is 51.1 Å². The summed E-state index contributed by atoms with van der Waals surface area (Å²) in [5.74, 6) is 1.83. The maximum atomic E-state index is 12.5. The van der Waals surface area contributed by atoms with Crippen molar-refractivity contribution in [1.82, 2.24) is 19.9 Å². The summed E-state index contributed by atoms with van der Waals surface area (Å²) >= 11 is 0. The molecule has 0 radical (unpaired) electrons. The van der Waals surface area contributed by atoms with Gasteiger partial charge in [0, 0.05) is 19.6 Å². The van der Waals surface area contributed by atoms with Crippen LogP contribution in [0.15, 0.2) is 22.7 Å². The van der Waals surface area contributed by atoms with E-state index >= 15 is 0 Å². The first-order chi connectivity index (χ1) is 11.9. The van der Waals surface area contributed by atoms with Crippen molar-refractivity contribution in [1.29, 1.82) is 0 Å². The van der Waals surface area contributed by atoms with E-state index in [0.717, 1.165) is 17.9 Å². The van der Waals surface area contributed by atoms with Crippen molar-refractivity contribution < 1.29 is 14.1 Å². The summed E-state index contributed by atoms with van der Waals surface area (Å²) in [5.41, 5.74) is 2.35. The van der Waals surface area contributed by atoms with Crippen molar-refractivity contribution in [3.05, 3.63) is 41.0 Å². The van der Waals surface area contributed by atoms with E-state index in [9.17, 15) is 4.79 Å². The first kappa shape index (κ1) is 17.4. The summed E-state index contributed by atoms with van der Waals surface area (Å²) in [6.07, 6.45) is 0. The molecule has 0 saturated carbocycles. The molecule has 1 aromatic carbocycles. The van der Waals surface area contributed by atoms with Gasteiger partial charge in [-0.25, -0.2) is 0 Å². The van der Waals surface area contributed by atoms with Gasteiger partial charge < -0.3 is 14.2 Å². The number of likely N-dealkylation sites (N-methyl/N-ethyl adjacent to an activating group) is 1. The highest BCUT2D eigenvalue weighted by Gasteiger charge is 2.32. The zero-order chi connectivity index (χ0) is 18.0. The third-order valence-electron chi connectivity index (χ3n) is 4.67. The fraction of sp³-hybridized carbons (Fsp3) is 0.500. The van der Waals surface area contributed by atoms with Crippen molar-refractivity contribution in [2.24, 2.45) is 0 Å². The Balaban J connectivity index is 1.60. The lowest BCUT2D eigenvalue weighted by Crippen LogP contribution is -2.50. The number of rotatable bonds is 4. The Bertz CT molecular complexity index is 759. The van der Waals surface area contributed by atoms with E-state index < -0.39 is 0 Å². The number of amides is 1. The molecule has 7 nitrogen and oxygen atoms in total. The standard InChI is InChI=1S/C18H24N4O3/c1-12-5-6-15(9-13(12)2)24-11-17(23)22-8-7-21(4)16(10-22)18-19-14(3)20-25-18/h5-6,9,16H,7-8,10-11H2,1-4H3/t16-/m0/s1. The highest BCUT2D eigenvalue weighted by molar-refractivity contribution is 5.78. The molecule has 25 heavy (non-hydrogen) atoms. The number of piperazine rings is 1. The summed E-state index contributed by atoms with van der Waals surface area (Å²) in [6.45, 7) is 7.83. The van der Waals surface area contributed by atoms with Gasteiger partial charge in [0.1, 0.15) is 11.8 Å². The largest absolute Gasteiger partial charge is 0.484 e. The monoisotopic (exact) mass is 344 g/mol. The molecule has 2 heterocycles. The molecule has 0 spiro atoms. The quantitative estimate of drug-likeness (QED) is 0.843.